The van der Waals surface area contributed by atoms with Gasteiger partial charge in [-0.05, 0) is 19.1 Å². The van der Waals surface area contributed by atoms with Gasteiger partial charge >= 0.3 is 6.18 Å². The first-order chi connectivity index (χ1) is 8.07. The van der Waals surface area contributed by atoms with Crippen molar-refractivity contribution in [1.29, 1.82) is 0 Å². The van der Waals surface area contributed by atoms with E-state index in [1.807, 2.05) is 0 Å². The Morgan fingerprint density at radius 1 is 1.39 bits per heavy atom. The zero-order valence-corrected chi connectivity index (χ0v) is 9.86. The van der Waals surface area contributed by atoms with Gasteiger partial charge in [0.15, 0.2) is 11.4 Å². The van der Waals surface area contributed by atoms with Gasteiger partial charge in [0.25, 0.3) is 5.91 Å². The minimum absolute atomic E-state index is 0.321. The minimum Gasteiger partial charge on any atom is -0.322 e. The molecule has 0 spiro atoms. The van der Waals surface area contributed by atoms with Crippen molar-refractivity contribution in [2.24, 2.45) is 5.73 Å². The molecule has 0 aliphatic rings. The minimum atomic E-state index is -4.95. The molecule has 0 aliphatic carbocycles. The summed E-state index contributed by atoms with van der Waals surface area (Å²) < 4.78 is 50.8. The maximum atomic E-state index is 13.4. The van der Waals surface area contributed by atoms with Gasteiger partial charge in [0.2, 0.25) is 0 Å². The summed E-state index contributed by atoms with van der Waals surface area (Å²) in [6, 6.07) is 3.55. The highest BCUT2D eigenvalue weighted by molar-refractivity contribution is 6.31. The lowest BCUT2D eigenvalue weighted by atomic mass is 10.0. The fourth-order valence-corrected chi connectivity index (χ4v) is 1.16. The van der Waals surface area contributed by atoms with Gasteiger partial charge in [0.1, 0.15) is 0 Å². The first kappa shape index (κ1) is 14.7. The van der Waals surface area contributed by atoms with Gasteiger partial charge in [0, 0.05) is 0 Å². The molecule has 0 aliphatic heterocycles. The quantitative estimate of drug-likeness (QED) is 0.821. The third-order valence-electron chi connectivity index (χ3n) is 2.26. The third-order valence-corrected chi connectivity index (χ3v) is 2.55. The molecular weight excluding hydrogens is 276 g/mol. The average molecular weight is 285 g/mol. The smallest absolute Gasteiger partial charge is 0.322 e. The molecule has 3 N–H and O–H groups in total. The van der Waals surface area contributed by atoms with Gasteiger partial charge in [-0.15, -0.1) is 0 Å². The summed E-state index contributed by atoms with van der Waals surface area (Å²) in [4.78, 5) is 11.4. The second-order valence-electron chi connectivity index (χ2n) is 3.76. The Morgan fingerprint density at radius 2 is 1.94 bits per heavy atom. The molecule has 1 unspecified atom stereocenters. The Hall–Kier alpha value is -1.34. The molecule has 100 valence electrons. The van der Waals surface area contributed by atoms with E-state index >= 15 is 0 Å². The van der Waals surface area contributed by atoms with Crippen molar-refractivity contribution in [2.75, 3.05) is 5.32 Å². The van der Waals surface area contributed by atoms with E-state index in [9.17, 15) is 22.4 Å². The molecule has 18 heavy (non-hydrogen) atoms. The van der Waals surface area contributed by atoms with Gasteiger partial charge < -0.3 is 11.1 Å². The summed E-state index contributed by atoms with van der Waals surface area (Å²) >= 11 is 5.42. The maximum absolute atomic E-state index is 13.4. The van der Waals surface area contributed by atoms with Crippen LogP contribution in [0.5, 0.6) is 0 Å². The van der Waals surface area contributed by atoms with E-state index in [-0.39, 0.29) is 5.02 Å². The summed E-state index contributed by atoms with van der Waals surface area (Å²) in [6.07, 6.45) is -4.95. The van der Waals surface area contributed by atoms with Crippen LogP contribution in [0.25, 0.3) is 0 Å². The standard InChI is InChI=1S/C10H9ClF4N2O/c1-9(16,10(13,14)15)8(18)17-6-4-2-3-5(11)7(6)12/h2-4H,16H2,1H3,(H,17,18). The number of carbonyl (C=O) groups excluding carboxylic acids is 1. The fraction of sp³-hybridized carbons (Fsp3) is 0.300. The Kier molecular flexibility index (Phi) is 3.87. The number of halogens is 5. The molecule has 3 nitrogen and oxygen atoms in total. The van der Waals surface area contributed by atoms with E-state index in [2.05, 4.69) is 0 Å². The molecule has 1 atom stereocenters. The van der Waals surface area contributed by atoms with Crippen LogP contribution in [0.2, 0.25) is 5.02 Å². The largest absolute Gasteiger partial charge is 0.415 e. The molecule has 0 fully saturated rings. The molecule has 1 aromatic carbocycles. The zero-order chi connectivity index (χ0) is 14.1. The molecule has 0 saturated heterocycles. The second kappa shape index (κ2) is 4.74. The average Bonchev–Trinajstić information content (AvgIpc) is 2.23. The van der Waals surface area contributed by atoms with Crippen LogP contribution in [0, 0.1) is 5.82 Å². The van der Waals surface area contributed by atoms with E-state index in [0.29, 0.717) is 6.92 Å². The lowest BCUT2D eigenvalue weighted by Crippen LogP contribution is -2.59. The lowest BCUT2D eigenvalue weighted by molar-refractivity contribution is -0.184. The van der Waals surface area contributed by atoms with Gasteiger partial charge in [-0.3, -0.25) is 4.79 Å². The van der Waals surface area contributed by atoms with Crippen LogP contribution in [0.3, 0.4) is 0 Å². The van der Waals surface area contributed by atoms with E-state index in [1.54, 1.807) is 5.32 Å². The van der Waals surface area contributed by atoms with Crippen LogP contribution in [0.1, 0.15) is 6.92 Å². The SMILES string of the molecule is CC(N)(C(=O)Nc1cccc(Cl)c1F)C(F)(F)F. The molecule has 8 heteroatoms. The highest BCUT2D eigenvalue weighted by atomic mass is 35.5. The predicted molar refractivity (Wildman–Crippen MR) is 58.7 cm³/mol. The number of anilines is 1. The topological polar surface area (TPSA) is 55.1 Å². The van der Waals surface area contributed by atoms with Crippen LogP contribution in [-0.2, 0) is 4.79 Å². The molecule has 1 rings (SSSR count). The van der Waals surface area contributed by atoms with Crippen LogP contribution in [0.15, 0.2) is 18.2 Å². The van der Waals surface area contributed by atoms with E-state index < -0.39 is 29.1 Å². The van der Waals surface area contributed by atoms with Gasteiger partial charge in [-0.2, -0.15) is 13.2 Å². The molecule has 1 amide bonds. The van der Waals surface area contributed by atoms with Crippen molar-refractivity contribution < 1.29 is 22.4 Å². The summed E-state index contributed by atoms with van der Waals surface area (Å²) in [5.74, 6) is -2.60. The number of amides is 1. The van der Waals surface area contributed by atoms with Gasteiger partial charge in [-0.25, -0.2) is 4.39 Å². The Labute approximate surface area is 105 Å². The van der Waals surface area contributed by atoms with E-state index in [1.165, 1.54) is 12.1 Å². The molecular formula is C10H9ClF4N2O. The van der Waals surface area contributed by atoms with Gasteiger partial charge in [-0.1, -0.05) is 17.7 Å². The summed E-state index contributed by atoms with van der Waals surface area (Å²) in [5, 5.41) is 1.43. The number of carbonyl (C=O) groups is 1. The van der Waals surface area contributed by atoms with Crippen LogP contribution >= 0.6 is 11.6 Å². The van der Waals surface area contributed by atoms with Gasteiger partial charge in [0.05, 0.1) is 10.7 Å². The molecule has 0 radical (unpaired) electrons. The Morgan fingerprint density at radius 3 is 2.44 bits per heavy atom. The van der Waals surface area contributed by atoms with Crippen molar-refractivity contribution in [3.8, 4) is 0 Å². The molecule has 0 saturated carbocycles. The van der Waals surface area contributed by atoms with Crippen LogP contribution < -0.4 is 11.1 Å². The Balaban J connectivity index is 2.99. The first-order valence-corrected chi connectivity index (χ1v) is 5.06. The predicted octanol–water partition coefficient (Wildman–Crippen LogP) is 2.70. The highest BCUT2D eigenvalue weighted by Gasteiger charge is 2.54. The monoisotopic (exact) mass is 284 g/mol. The fourth-order valence-electron chi connectivity index (χ4n) is 0.981. The van der Waals surface area contributed by atoms with E-state index in [0.717, 1.165) is 6.07 Å². The van der Waals surface area contributed by atoms with Crippen molar-refractivity contribution >= 4 is 23.2 Å². The second-order valence-corrected chi connectivity index (χ2v) is 4.16. The molecule has 0 aromatic heterocycles. The Bertz CT molecular complexity index is 473. The highest BCUT2D eigenvalue weighted by Crippen LogP contribution is 2.30. The number of hydrogen-bond acceptors (Lipinski definition) is 2. The number of benzene rings is 1. The number of nitrogens with two attached hydrogens (primary N) is 1. The summed E-state index contributed by atoms with van der Waals surface area (Å²) in [7, 11) is 0. The number of nitrogens with one attached hydrogen (secondary N) is 1. The zero-order valence-electron chi connectivity index (χ0n) is 9.11. The van der Waals surface area contributed by atoms with Crippen molar-refractivity contribution in [1.82, 2.24) is 0 Å². The lowest BCUT2D eigenvalue weighted by Gasteiger charge is -2.26. The molecule has 0 heterocycles. The normalized spacial score (nSPS) is 15.1. The number of rotatable bonds is 2. The van der Waals surface area contributed by atoms with Crippen molar-refractivity contribution in [3.05, 3.63) is 29.0 Å². The summed E-state index contributed by atoms with van der Waals surface area (Å²) in [6.45, 7) is 0.491. The number of hydrogen-bond donors (Lipinski definition) is 2. The molecule has 1 aromatic rings. The summed E-state index contributed by atoms with van der Waals surface area (Å²) in [5.41, 5.74) is 1.29. The number of alkyl halides is 3. The van der Waals surface area contributed by atoms with Crippen molar-refractivity contribution in [2.45, 2.75) is 18.6 Å². The first-order valence-electron chi connectivity index (χ1n) is 4.68. The maximum Gasteiger partial charge on any atom is 0.415 e. The third kappa shape index (κ3) is 2.73. The van der Waals surface area contributed by atoms with Crippen LogP contribution in [0.4, 0.5) is 23.2 Å². The van der Waals surface area contributed by atoms with E-state index in [4.69, 9.17) is 17.3 Å². The van der Waals surface area contributed by atoms with Crippen molar-refractivity contribution in [3.63, 3.8) is 0 Å². The van der Waals surface area contributed by atoms with Crippen LogP contribution in [-0.4, -0.2) is 17.6 Å². The molecule has 0 bridgehead atoms.